The molecule has 0 amide bonds. The van der Waals surface area contributed by atoms with Crippen molar-refractivity contribution in [2.75, 3.05) is 13.7 Å². The topological polar surface area (TPSA) is 66.2 Å². The Morgan fingerprint density at radius 1 is 1.06 bits per heavy atom. The first-order valence-corrected chi connectivity index (χ1v) is 11.0. The minimum Gasteiger partial charge on any atom is -0.494 e. The van der Waals surface area contributed by atoms with Crippen molar-refractivity contribution in [3.8, 4) is 33.8 Å². The lowest BCUT2D eigenvalue weighted by Gasteiger charge is -2.19. The molecule has 6 nitrogen and oxygen atoms in total. The molecule has 0 saturated carbocycles. The fourth-order valence-electron chi connectivity index (χ4n) is 3.66. The van der Waals surface area contributed by atoms with Crippen LogP contribution in [0.2, 0.25) is 0 Å². The van der Waals surface area contributed by atoms with Gasteiger partial charge in [0.25, 0.3) is 0 Å². The molecule has 32 heavy (non-hydrogen) atoms. The van der Waals surface area contributed by atoms with E-state index in [4.69, 9.17) is 9.47 Å². The van der Waals surface area contributed by atoms with Crippen LogP contribution in [0.5, 0.6) is 5.75 Å². The standard InChI is InChI=1S/C25H22BrN3O3/c1-4-32-25(30)22-16(2)14-19(18-12-8-9-13-20(18)26)23(24(22)31-3)29-15-21(27-28-29)17-10-6-5-7-11-17/h5-15H,4H2,1-3H3. The van der Waals surface area contributed by atoms with Crippen LogP contribution in [-0.2, 0) is 4.74 Å². The monoisotopic (exact) mass is 491 g/mol. The highest BCUT2D eigenvalue weighted by Gasteiger charge is 2.26. The lowest BCUT2D eigenvalue weighted by Crippen LogP contribution is -2.13. The van der Waals surface area contributed by atoms with Crippen LogP contribution in [0.1, 0.15) is 22.8 Å². The zero-order valence-electron chi connectivity index (χ0n) is 18.0. The molecule has 0 N–H and O–H groups in total. The first-order chi connectivity index (χ1) is 15.5. The van der Waals surface area contributed by atoms with Crippen molar-refractivity contribution in [2.45, 2.75) is 13.8 Å². The van der Waals surface area contributed by atoms with E-state index in [1.54, 1.807) is 18.7 Å². The summed E-state index contributed by atoms with van der Waals surface area (Å²) in [5, 5.41) is 8.74. The molecular formula is C25H22BrN3O3. The summed E-state index contributed by atoms with van der Waals surface area (Å²) in [6.07, 6.45) is 1.83. The van der Waals surface area contributed by atoms with Crippen LogP contribution >= 0.6 is 15.9 Å². The second-order valence-corrected chi connectivity index (χ2v) is 7.97. The molecular weight excluding hydrogens is 470 g/mol. The Morgan fingerprint density at radius 3 is 2.47 bits per heavy atom. The zero-order chi connectivity index (χ0) is 22.7. The van der Waals surface area contributed by atoms with Crippen molar-refractivity contribution >= 4 is 21.9 Å². The SMILES string of the molecule is CCOC(=O)c1c(C)cc(-c2ccccc2Br)c(-n2cc(-c3ccccc3)nn2)c1OC. The van der Waals surface area contributed by atoms with Gasteiger partial charge in [-0.15, -0.1) is 5.10 Å². The third-order valence-electron chi connectivity index (χ3n) is 5.09. The number of carbonyl (C=O) groups excluding carboxylic acids is 1. The van der Waals surface area contributed by atoms with E-state index in [1.165, 1.54) is 0 Å². The Morgan fingerprint density at radius 2 is 1.78 bits per heavy atom. The molecule has 0 radical (unpaired) electrons. The number of ether oxygens (including phenoxy) is 2. The minimum absolute atomic E-state index is 0.268. The van der Waals surface area contributed by atoms with Gasteiger partial charge in [0.2, 0.25) is 0 Å². The molecule has 7 heteroatoms. The zero-order valence-corrected chi connectivity index (χ0v) is 19.6. The first kappa shape index (κ1) is 21.8. The van der Waals surface area contributed by atoms with Crippen molar-refractivity contribution < 1.29 is 14.3 Å². The number of esters is 1. The van der Waals surface area contributed by atoms with E-state index in [9.17, 15) is 4.79 Å². The van der Waals surface area contributed by atoms with Crippen LogP contribution in [-0.4, -0.2) is 34.7 Å². The van der Waals surface area contributed by atoms with Crippen LogP contribution in [0.15, 0.2) is 71.3 Å². The smallest absolute Gasteiger partial charge is 0.342 e. The maximum atomic E-state index is 12.8. The number of methoxy groups -OCH3 is 1. The van der Waals surface area contributed by atoms with Gasteiger partial charge in [0, 0.05) is 15.6 Å². The average molecular weight is 492 g/mol. The van der Waals surface area contributed by atoms with E-state index < -0.39 is 5.97 Å². The largest absolute Gasteiger partial charge is 0.494 e. The van der Waals surface area contributed by atoms with E-state index in [-0.39, 0.29) is 6.61 Å². The Balaban J connectivity index is 2.00. The summed E-state index contributed by atoms with van der Waals surface area (Å²) in [6.45, 7) is 3.92. The summed E-state index contributed by atoms with van der Waals surface area (Å²) in [4.78, 5) is 12.8. The van der Waals surface area contributed by atoms with E-state index in [2.05, 4.69) is 26.2 Å². The number of rotatable bonds is 6. The highest BCUT2D eigenvalue weighted by Crippen LogP contribution is 2.41. The summed E-state index contributed by atoms with van der Waals surface area (Å²) in [6, 6.07) is 19.6. The van der Waals surface area contributed by atoms with Crippen LogP contribution in [0, 0.1) is 6.92 Å². The fraction of sp³-hybridized carbons (Fsp3) is 0.160. The third kappa shape index (κ3) is 4.03. The van der Waals surface area contributed by atoms with Crippen LogP contribution in [0.25, 0.3) is 28.1 Å². The molecule has 0 unspecified atom stereocenters. The number of aromatic nitrogens is 3. The maximum Gasteiger partial charge on any atom is 0.342 e. The molecule has 1 aromatic heterocycles. The van der Waals surface area contributed by atoms with Gasteiger partial charge in [0.15, 0.2) is 5.75 Å². The summed E-state index contributed by atoms with van der Waals surface area (Å²) in [5.41, 5.74) is 5.18. The van der Waals surface area contributed by atoms with Crippen molar-refractivity contribution in [1.82, 2.24) is 15.0 Å². The normalized spacial score (nSPS) is 10.8. The van der Waals surface area contributed by atoms with Gasteiger partial charge >= 0.3 is 5.97 Å². The number of hydrogen-bond acceptors (Lipinski definition) is 5. The number of nitrogens with zero attached hydrogens (tertiary/aromatic N) is 3. The molecule has 0 bridgehead atoms. The van der Waals surface area contributed by atoms with Gasteiger partial charge in [-0.2, -0.15) is 0 Å². The molecule has 0 aliphatic heterocycles. The molecule has 0 aliphatic carbocycles. The molecule has 162 valence electrons. The quantitative estimate of drug-likeness (QED) is 0.316. The van der Waals surface area contributed by atoms with Crippen LogP contribution in [0.3, 0.4) is 0 Å². The Bertz CT molecular complexity index is 1270. The van der Waals surface area contributed by atoms with Crippen molar-refractivity contribution in [1.29, 1.82) is 0 Å². The number of benzene rings is 3. The fourth-order valence-corrected chi connectivity index (χ4v) is 4.16. The van der Waals surface area contributed by atoms with Gasteiger partial charge < -0.3 is 9.47 Å². The van der Waals surface area contributed by atoms with E-state index in [0.29, 0.717) is 22.7 Å². The van der Waals surface area contributed by atoms with Crippen LogP contribution in [0.4, 0.5) is 0 Å². The Labute approximate surface area is 194 Å². The predicted molar refractivity (Wildman–Crippen MR) is 127 cm³/mol. The Kier molecular flexibility index (Phi) is 6.37. The summed E-state index contributed by atoms with van der Waals surface area (Å²) < 4.78 is 13.7. The minimum atomic E-state index is -0.440. The Hall–Kier alpha value is -3.45. The maximum absolute atomic E-state index is 12.8. The summed E-state index contributed by atoms with van der Waals surface area (Å²) >= 11 is 3.65. The first-order valence-electron chi connectivity index (χ1n) is 10.2. The summed E-state index contributed by atoms with van der Waals surface area (Å²) in [5.74, 6) is -0.0520. The molecule has 0 spiro atoms. The number of carbonyl (C=O) groups is 1. The van der Waals surface area contributed by atoms with E-state index >= 15 is 0 Å². The van der Waals surface area contributed by atoms with Gasteiger partial charge in [-0.1, -0.05) is 69.7 Å². The molecule has 4 rings (SSSR count). The van der Waals surface area contributed by atoms with Gasteiger partial charge in [-0.05, 0) is 37.1 Å². The number of aryl methyl sites for hydroxylation is 1. The molecule has 0 fully saturated rings. The predicted octanol–water partition coefficient (Wildman–Crippen LogP) is 5.86. The van der Waals surface area contributed by atoms with Crippen LogP contribution < -0.4 is 4.74 Å². The second kappa shape index (κ2) is 9.36. The van der Waals surface area contributed by atoms with Gasteiger partial charge in [0.05, 0.1) is 19.9 Å². The molecule has 0 saturated heterocycles. The molecule has 4 aromatic rings. The molecule has 3 aromatic carbocycles. The molecule has 0 atom stereocenters. The van der Waals surface area contributed by atoms with Crippen molar-refractivity contribution in [2.24, 2.45) is 0 Å². The lowest BCUT2D eigenvalue weighted by molar-refractivity contribution is 0.0522. The number of hydrogen-bond donors (Lipinski definition) is 0. The van der Waals surface area contributed by atoms with E-state index in [1.807, 2.05) is 73.8 Å². The number of halogens is 1. The molecule has 1 heterocycles. The van der Waals surface area contributed by atoms with Crippen molar-refractivity contribution in [3.05, 3.63) is 82.5 Å². The third-order valence-corrected chi connectivity index (χ3v) is 5.78. The lowest BCUT2D eigenvalue weighted by atomic mass is 9.96. The van der Waals surface area contributed by atoms with Gasteiger partial charge in [0.1, 0.15) is 16.9 Å². The van der Waals surface area contributed by atoms with Crippen molar-refractivity contribution in [3.63, 3.8) is 0 Å². The molecule has 0 aliphatic rings. The second-order valence-electron chi connectivity index (χ2n) is 7.11. The highest BCUT2D eigenvalue weighted by molar-refractivity contribution is 9.10. The van der Waals surface area contributed by atoms with E-state index in [0.717, 1.165) is 26.7 Å². The van der Waals surface area contributed by atoms with Gasteiger partial charge in [-0.25, -0.2) is 9.48 Å². The van der Waals surface area contributed by atoms with Gasteiger partial charge in [-0.3, -0.25) is 0 Å². The average Bonchev–Trinajstić information content (AvgIpc) is 3.29. The highest BCUT2D eigenvalue weighted by atomic mass is 79.9. The summed E-state index contributed by atoms with van der Waals surface area (Å²) in [7, 11) is 1.54.